The summed E-state index contributed by atoms with van der Waals surface area (Å²) < 4.78 is 11.0. The van der Waals surface area contributed by atoms with E-state index in [-0.39, 0.29) is 6.79 Å². The Morgan fingerprint density at radius 1 is 0.844 bits per heavy atom. The molecule has 0 amide bonds. The van der Waals surface area contributed by atoms with Crippen molar-refractivity contribution in [2.45, 2.75) is 0 Å². The number of nitrogens with zero attached hydrogens (tertiary/aromatic N) is 4. The minimum Gasteiger partial charge on any atom is -0.454 e. The highest BCUT2D eigenvalue weighted by atomic mass is 16.7. The molecule has 0 radical (unpaired) electrons. The fourth-order valence-corrected chi connectivity index (χ4v) is 4.06. The van der Waals surface area contributed by atoms with Gasteiger partial charge in [0.1, 0.15) is 5.52 Å². The number of pyridine rings is 1. The lowest BCUT2D eigenvalue weighted by Crippen LogP contribution is -1.92. The Kier molecular flexibility index (Phi) is 3.42. The average Bonchev–Trinajstić information content (AvgIpc) is 3.62. The van der Waals surface area contributed by atoms with Gasteiger partial charge in [-0.15, -0.1) is 0 Å². The van der Waals surface area contributed by atoms with Crippen molar-refractivity contribution in [3.05, 3.63) is 60.9 Å². The zero-order valence-electron chi connectivity index (χ0n) is 16.6. The quantitative estimate of drug-likeness (QED) is 0.392. The predicted octanol–water partition coefficient (Wildman–Crippen LogP) is 4.29. The van der Waals surface area contributed by atoms with Gasteiger partial charge in [-0.2, -0.15) is 10.2 Å². The summed E-state index contributed by atoms with van der Waals surface area (Å²) in [6, 6.07) is 15.9. The number of nitrogens with one attached hydrogen (secondary N) is 3. The Morgan fingerprint density at radius 3 is 2.75 bits per heavy atom. The second-order valence-electron chi connectivity index (χ2n) is 7.51. The minimum atomic E-state index is 0.246. The third kappa shape index (κ3) is 2.51. The van der Waals surface area contributed by atoms with E-state index >= 15 is 0 Å². The topological polar surface area (TPSA) is 117 Å². The normalized spacial score (nSPS) is 12.8. The van der Waals surface area contributed by atoms with Crippen molar-refractivity contribution in [1.82, 2.24) is 35.3 Å². The zero-order chi connectivity index (χ0) is 21.1. The fraction of sp³-hybridized carbons (Fsp3) is 0.0435. The Bertz CT molecular complexity index is 1610. The first-order chi connectivity index (χ1) is 15.8. The molecule has 7 rings (SSSR count). The van der Waals surface area contributed by atoms with Crippen LogP contribution in [0.3, 0.4) is 0 Å². The number of hydrogen-bond acceptors (Lipinski definition) is 6. The van der Waals surface area contributed by atoms with Crippen molar-refractivity contribution in [3.63, 3.8) is 0 Å². The lowest BCUT2D eigenvalue weighted by Gasteiger charge is -2.04. The van der Waals surface area contributed by atoms with Gasteiger partial charge < -0.3 is 14.5 Å². The number of aromatic amines is 3. The van der Waals surface area contributed by atoms with Gasteiger partial charge in [0.05, 0.1) is 28.4 Å². The Hall–Kier alpha value is -4.66. The molecule has 6 aromatic rings. The SMILES string of the molecule is c1cc(-c2ccc3c(c2)OCO3)c2nc(-c3n[nH]c4ccc(-c5cn[nH]c5)nc34)[nH]c2c1. The molecular formula is C23H15N7O2. The van der Waals surface area contributed by atoms with Gasteiger partial charge in [0.25, 0.3) is 0 Å². The number of ether oxygens (including phenoxy) is 2. The standard InChI is InChI=1S/C23H15N7O2/c1-2-14(12-4-7-18-19(8-12)32-11-31-18)20-16(3-1)27-23(28-20)22-21-17(29-30-22)6-5-15(26-21)13-9-24-25-10-13/h1-10H,11H2,(H,24,25)(H,27,28)(H,29,30). The maximum absolute atomic E-state index is 5.55. The summed E-state index contributed by atoms with van der Waals surface area (Å²) in [6.07, 6.45) is 3.56. The van der Waals surface area contributed by atoms with E-state index in [4.69, 9.17) is 19.4 Å². The van der Waals surface area contributed by atoms with Crippen LogP contribution in [-0.2, 0) is 0 Å². The molecule has 0 atom stereocenters. The molecule has 1 aliphatic heterocycles. The maximum Gasteiger partial charge on any atom is 0.231 e. The van der Waals surface area contributed by atoms with Crippen molar-refractivity contribution >= 4 is 22.1 Å². The van der Waals surface area contributed by atoms with Gasteiger partial charge in [-0.25, -0.2) is 9.97 Å². The molecule has 3 N–H and O–H groups in total. The minimum absolute atomic E-state index is 0.246. The zero-order valence-corrected chi connectivity index (χ0v) is 16.6. The third-order valence-corrected chi connectivity index (χ3v) is 5.62. The largest absolute Gasteiger partial charge is 0.454 e. The van der Waals surface area contributed by atoms with Crippen LogP contribution in [0.1, 0.15) is 0 Å². The molecule has 2 aromatic carbocycles. The van der Waals surface area contributed by atoms with Gasteiger partial charge in [-0.1, -0.05) is 18.2 Å². The van der Waals surface area contributed by atoms with Gasteiger partial charge in [-0.3, -0.25) is 10.2 Å². The number of para-hydroxylation sites is 1. The van der Waals surface area contributed by atoms with E-state index in [0.717, 1.165) is 56.0 Å². The summed E-state index contributed by atoms with van der Waals surface area (Å²) in [5, 5.41) is 14.4. The number of rotatable bonds is 3. The van der Waals surface area contributed by atoms with Crippen LogP contribution in [0.25, 0.3) is 56.0 Å². The third-order valence-electron chi connectivity index (χ3n) is 5.62. The van der Waals surface area contributed by atoms with Crippen LogP contribution < -0.4 is 9.47 Å². The van der Waals surface area contributed by atoms with E-state index in [1.54, 1.807) is 6.20 Å². The van der Waals surface area contributed by atoms with Crippen LogP contribution in [0, 0.1) is 0 Å². The molecule has 154 valence electrons. The Balaban J connectivity index is 1.38. The van der Waals surface area contributed by atoms with E-state index in [9.17, 15) is 0 Å². The van der Waals surface area contributed by atoms with Gasteiger partial charge in [-0.05, 0) is 35.9 Å². The number of H-pyrrole nitrogens is 3. The molecule has 0 saturated carbocycles. The van der Waals surface area contributed by atoms with Crippen LogP contribution in [0.4, 0.5) is 0 Å². The highest BCUT2D eigenvalue weighted by Gasteiger charge is 2.19. The summed E-state index contributed by atoms with van der Waals surface area (Å²) in [7, 11) is 0. The first kappa shape index (κ1) is 17.1. The highest BCUT2D eigenvalue weighted by molar-refractivity contribution is 5.96. The summed E-state index contributed by atoms with van der Waals surface area (Å²) in [4.78, 5) is 13.1. The number of benzene rings is 2. The summed E-state index contributed by atoms with van der Waals surface area (Å²) >= 11 is 0. The molecular weight excluding hydrogens is 406 g/mol. The predicted molar refractivity (Wildman–Crippen MR) is 118 cm³/mol. The second kappa shape index (κ2) is 6.42. The lowest BCUT2D eigenvalue weighted by atomic mass is 10.0. The summed E-state index contributed by atoms with van der Waals surface area (Å²) in [6.45, 7) is 0.246. The smallest absolute Gasteiger partial charge is 0.231 e. The monoisotopic (exact) mass is 421 g/mol. The first-order valence-corrected chi connectivity index (χ1v) is 10.1. The van der Waals surface area contributed by atoms with E-state index < -0.39 is 0 Å². The number of aromatic nitrogens is 7. The second-order valence-corrected chi connectivity index (χ2v) is 7.51. The molecule has 32 heavy (non-hydrogen) atoms. The van der Waals surface area contributed by atoms with Crippen LogP contribution in [0.15, 0.2) is 60.9 Å². The Morgan fingerprint density at radius 2 is 1.81 bits per heavy atom. The number of fused-ring (bicyclic) bond motifs is 3. The molecule has 0 spiro atoms. The summed E-state index contributed by atoms with van der Waals surface area (Å²) in [5.74, 6) is 2.15. The molecule has 9 nitrogen and oxygen atoms in total. The average molecular weight is 421 g/mol. The van der Waals surface area contributed by atoms with Crippen molar-refractivity contribution in [3.8, 4) is 45.4 Å². The molecule has 0 unspecified atom stereocenters. The van der Waals surface area contributed by atoms with Crippen LogP contribution in [0.5, 0.6) is 11.5 Å². The molecule has 1 aliphatic rings. The lowest BCUT2D eigenvalue weighted by molar-refractivity contribution is 0.174. The van der Waals surface area contributed by atoms with E-state index in [1.165, 1.54) is 0 Å². The van der Waals surface area contributed by atoms with Crippen molar-refractivity contribution in [2.24, 2.45) is 0 Å². The molecule has 0 saturated heterocycles. The summed E-state index contributed by atoms with van der Waals surface area (Å²) in [5.41, 5.74) is 7.73. The molecule has 0 bridgehead atoms. The van der Waals surface area contributed by atoms with Crippen molar-refractivity contribution in [1.29, 1.82) is 0 Å². The van der Waals surface area contributed by atoms with Crippen LogP contribution in [0.2, 0.25) is 0 Å². The van der Waals surface area contributed by atoms with Gasteiger partial charge in [0.15, 0.2) is 23.0 Å². The molecule has 0 fully saturated rings. The first-order valence-electron chi connectivity index (χ1n) is 10.1. The fourth-order valence-electron chi connectivity index (χ4n) is 4.06. The van der Waals surface area contributed by atoms with Crippen molar-refractivity contribution in [2.75, 3.05) is 6.79 Å². The van der Waals surface area contributed by atoms with Gasteiger partial charge in [0.2, 0.25) is 6.79 Å². The number of hydrogen-bond donors (Lipinski definition) is 3. The molecule has 4 aromatic heterocycles. The van der Waals surface area contributed by atoms with E-state index in [2.05, 4.69) is 25.4 Å². The van der Waals surface area contributed by atoms with Crippen molar-refractivity contribution < 1.29 is 9.47 Å². The molecule has 5 heterocycles. The van der Waals surface area contributed by atoms with Crippen LogP contribution >= 0.6 is 0 Å². The van der Waals surface area contributed by atoms with Gasteiger partial charge >= 0.3 is 0 Å². The molecule has 0 aliphatic carbocycles. The van der Waals surface area contributed by atoms with E-state index in [1.807, 2.05) is 54.7 Å². The van der Waals surface area contributed by atoms with Crippen LogP contribution in [-0.4, -0.2) is 42.1 Å². The number of imidazole rings is 1. The molecule has 9 heteroatoms. The van der Waals surface area contributed by atoms with Gasteiger partial charge in [0, 0.05) is 17.3 Å². The highest BCUT2D eigenvalue weighted by Crippen LogP contribution is 2.38. The Labute approximate surface area is 180 Å². The maximum atomic E-state index is 5.55. The van der Waals surface area contributed by atoms with E-state index in [0.29, 0.717) is 11.5 Å².